The number of benzene rings is 2. The van der Waals surface area contributed by atoms with E-state index >= 15 is 0 Å². The van der Waals surface area contributed by atoms with Gasteiger partial charge in [0.15, 0.2) is 6.29 Å². The Labute approximate surface area is 306 Å². The number of aromatic nitrogens is 3. The van der Waals surface area contributed by atoms with Crippen molar-refractivity contribution in [1.29, 1.82) is 0 Å². The number of alkyl halides is 2. The second-order valence-electron chi connectivity index (χ2n) is 14.9. The molecule has 0 spiro atoms. The van der Waals surface area contributed by atoms with E-state index in [2.05, 4.69) is 63.3 Å². The molecule has 270 valence electrons. The van der Waals surface area contributed by atoms with Gasteiger partial charge in [0, 0.05) is 75.1 Å². The molecule has 5 aromatic rings. The van der Waals surface area contributed by atoms with Crippen LogP contribution >= 0.6 is 22.7 Å². The fraction of sp³-hybridized carbons (Fsp3) is 0.500. The van der Waals surface area contributed by atoms with Crippen molar-refractivity contribution in [3.8, 4) is 0 Å². The average Bonchev–Trinajstić information content (AvgIpc) is 3.90. The average molecular weight is 732 g/mol. The van der Waals surface area contributed by atoms with E-state index in [0.717, 1.165) is 60.3 Å². The van der Waals surface area contributed by atoms with E-state index in [0.29, 0.717) is 24.0 Å². The summed E-state index contributed by atoms with van der Waals surface area (Å²) in [5.74, 6) is -0.594. The van der Waals surface area contributed by atoms with Crippen LogP contribution in [0.3, 0.4) is 0 Å². The molecule has 1 amide bonds. The molecular formula is C40H47F2N5O2S2. The van der Waals surface area contributed by atoms with E-state index in [1.165, 1.54) is 27.6 Å². The van der Waals surface area contributed by atoms with Crippen molar-refractivity contribution < 1.29 is 18.4 Å². The number of carbonyl (C=O) groups is 2. The lowest BCUT2D eigenvalue weighted by Gasteiger charge is -2.40. The highest BCUT2D eigenvalue weighted by atomic mass is 32.1. The predicted octanol–water partition coefficient (Wildman–Crippen LogP) is 9.88. The van der Waals surface area contributed by atoms with Gasteiger partial charge in [-0.15, -0.1) is 32.9 Å². The van der Waals surface area contributed by atoms with E-state index in [1.807, 2.05) is 41.8 Å². The van der Waals surface area contributed by atoms with Crippen molar-refractivity contribution in [2.24, 2.45) is 5.92 Å². The second kappa shape index (κ2) is 15.2. The SMILES string of the molecule is Cc1nnc(C(C)C)n1C1CC2CCC(C1)N2CC[C@H](NC(=O)C1CCC(F)(F)CC1)c1csc2ccccc12.O=Cc1csc2ccccc12. The lowest BCUT2D eigenvalue weighted by atomic mass is 9.86. The van der Waals surface area contributed by atoms with Crippen LogP contribution in [0.1, 0.15) is 117 Å². The Morgan fingerprint density at radius 2 is 1.55 bits per heavy atom. The first-order chi connectivity index (χ1) is 24.6. The van der Waals surface area contributed by atoms with Gasteiger partial charge in [-0.05, 0) is 80.3 Å². The van der Waals surface area contributed by atoms with Crippen molar-refractivity contribution >= 4 is 55.0 Å². The van der Waals surface area contributed by atoms with Gasteiger partial charge in [0.25, 0.3) is 0 Å². The third-order valence-corrected chi connectivity index (χ3v) is 13.2. The van der Waals surface area contributed by atoms with Crippen LogP contribution in [-0.2, 0) is 4.79 Å². The molecule has 0 radical (unpaired) electrons. The lowest BCUT2D eigenvalue weighted by Crippen LogP contribution is -2.45. The van der Waals surface area contributed by atoms with E-state index in [-0.39, 0.29) is 43.6 Å². The van der Waals surface area contributed by atoms with Gasteiger partial charge in [-0.3, -0.25) is 14.5 Å². The van der Waals surface area contributed by atoms with Crippen LogP contribution in [0.4, 0.5) is 8.78 Å². The minimum Gasteiger partial charge on any atom is -0.349 e. The molecular weight excluding hydrogens is 685 g/mol. The Morgan fingerprint density at radius 3 is 2.22 bits per heavy atom. The molecule has 1 aliphatic carbocycles. The monoisotopic (exact) mass is 731 g/mol. The third-order valence-electron chi connectivity index (χ3n) is 11.2. The molecule has 2 bridgehead atoms. The van der Waals surface area contributed by atoms with Gasteiger partial charge in [0.1, 0.15) is 11.6 Å². The summed E-state index contributed by atoms with van der Waals surface area (Å²) in [7, 11) is 0. The van der Waals surface area contributed by atoms with Crippen molar-refractivity contribution in [2.45, 2.75) is 115 Å². The molecule has 8 rings (SSSR count). The molecule has 3 fully saturated rings. The lowest BCUT2D eigenvalue weighted by molar-refractivity contribution is -0.130. The number of hydrogen-bond donors (Lipinski definition) is 1. The summed E-state index contributed by atoms with van der Waals surface area (Å²) in [5, 5.41) is 18.5. The number of nitrogens with one attached hydrogen (secondary N) is 1. The first kappa shape index (κ1) is 35.8. The molecule has 3 aliphatic rings. The summed E-state index contributed by atoms with van der Waals surface area (Å²) < 4.78 is 32.3. The van der Waals surface area contributed by atoms with Crippen molar-refractivity contribution in [3.05, 3.63) is 82.1 Å². The van der Waals surface area contributed by atoms with Crippen LogP contribution in [0.2, 0.25) is 0 Å². The number of halogens is 2. The number of piperidine rings is 1. The molecule has 2 aliphatic heterocycles. The Balaban J connectivity index is 0.000000313. The number of thiophene rings is 2. The number of amides is 1. The smallest absolute Gasteiger partial charge is 0.248 e. The quantitative estimate of drug-likeness (QED) is 0.153. The fourth-order valence-electron chi connectivity index (χ4n) is 8.59. The number of hydrogen-bond acceptors (Lipinski definition) is 7. The van der Waals surface area contributed by atoms with Gasteiger partial charge in [0.2, 0.25) is 11.8 Å². The number of nitrogens with zero attached hydrogens (tertiary/aromatic N) is 4. The number of aryl methyl sites for hydroxylation is 1. The Morgan fingerprint density at radius 1 is 0.922 bits per heavy atom. The molecule has 3 aromatic heterocycles. The molecule has 2 aromatic carbocycles. The summed E-state index contributed by atoms with van der Waals surface area (Å²) in [4.78, 5) is 26.5. The summed E-state index contributed by atoms with van der Waals surface area (Å²) in [6.07, 6.45) is 6.45. The van der Waals surface area contributed by atoms with Crippen molar-refractivity contribution in [1.82, 2.24) is 25.0 Å². The van der Waals surface area contributed by atoms with E-state index in [9.17, 15) is 18.4 Å². The summed E-state index contributed by atoms with van der Waals surface area (Å²) in [6.45, 7) is 7.35. The Kier molecular flexibility index (Phi) is 10.7. The van der Waals surface area contributed by atoms with Crippen LogP contribution in [0.25, 0.3) is 20.2 Å². The third kappa shape index (κ3) is 7.66. The first-order valence-electron chi connectivity index (χ1n) is 18.3. The van der Waals surface area contributed by atoms with Crippen LogP contribution in [0, 0.1) is 12.8 Å². The maximum Gasteiger partial charge on any atom is 0.248 e. The molecule has 11 heteroatoms. The zero-order valence-corrected chi connectivity index (χ0v) is 31.2. The maximum absolute atomic E-state index is 13.8. The van der Waals surface area contributed by atoms with Crippen LogP contribution < -0.4 is 5.32 Å². The fourth-order valence-corrected chi connectivity index (χ4v) is 10.5. The predicted molar refractivity (Wildman–Crippen MR) is 202 cm³/mol. The molecule has 1 N–H and O–H groups in total. The molecule has 2 saturated heterocycles. The normalized spacial score (nSPS) is 22.6. The van der Waals surface area contributed by atoms with E-state index < -0.39 is 5.92 Å². The standard InChI is InChI=1S/C31H41F2N5OS.C9H6OS/c1-19(2)29-36-35-20(3)38(29)24-16-22-8-9-23(17-24)37(22)15-12-27(26-18-40-28-7-5-4-6-25(26)28)34-30(39)21-10-13-31(32,33)14-11-21;10-5-7-6-11-9-4-2-1-3-8(7)9/h4-7,18-19,21-24,27H,8-17H2,1-3H3,(H,34,39);1-6H/t22?,23?,24?,27-;/m0./s1. The summed E-state index contributed by atoms with van der Waals surface area (Å²) in [6, 6.07) is 17.6. The van der Waals surface area contributed by atoms with Gasteiger partial charge in [-0.2, -0.15) is 0 Å². The first-order valence-corrected chi connectivity index (χ1v) is 20.1. The number of fused-ring (bicyclic) bond motifs is 4. The Hall–Kier alpha value is -3.54. The van der Waals surface area contributed by atoms with Gasteiger partial charge in [-0.1, -0.05) is 50.2 Å². The van der Waals surface area contributed by atoms with Crippen LogP contribution in [-0.4, -0.2) is 56.4 Å². The zero-order chi connectivity index (χ0) is 35.7. The largest absolute Gasteiger partial charge is 0.349 e. The highest BCUT2D eigenvalue weighted by Gasteiger charge is 2.43. The topological polar surface area (TPSA) is 80.1 Å². The number of aldehydes is 1. The molecule has 1 saturated carbocycles. The highest BCUT2D eigenvalue weighted by Crippen LogP contribution is 2.43. The van der Waals surface area contributed by atoms with Crippen molar-refractivity contribution in [2.75, 3.05) is 6.54 Å². The van der Waals surface area contributed by atoms with Crippen molar-refractivity contribution in [3.63, 3.8) is 0 Å². The van der Waals surface area contributed by atoms with Gasteiger partial charge < -0.3 is 9.88 Å². The van der Waals surface area contributed by atoms with Crippen LogP contribution in [0.15, 0.2) is 59.3 Å². The van der Waals surface area contributed by atoms with Gasteiger partial charge in [-0.25, -0.2) is 8.78 Å². The number of carbonyl (C=O) groups excluding carboxylic acids is 2. The van der Waals surface area contributed by atoms with Gasteiger partial charge in [0.05, 0.1) is 6.04 Å². The highest BCUT2D eigenvalue weighted by molar-refractivity contribution is 7.17. The second-order valence-corrected chi connectivity index (χ2v) is 16.7. The molecule has 2 unspecified atom stereocenters. The minimum atomic E-state index is -2.63. The van der Waals surface area contributed by atoms with Crippen LogP contribution in [0.5, 0.6) is 0 Å². The Bertz CT molecular complexity index is 1960. The molecule has 3 atom stereocenters. The summed E-state index contributed by atoms with van der Waals surface area (Å²) in [5.41, 5.74) is 1.95. The van der Waals surface area contributed by atoms with E-state index in [1.54, 1.807) is 22.7 Å². The van der Waals surface area contributed by atoms with Gasteiger partial charge >= 0.3 is 0 Å². The molecule has 5 heterocycles. The zero-order valence-electron chi connectivity index (χ0n) is 29.6. The summed E-state index contributed by atoms with van der Waals surface area (Å²) >= 11 is 3.31. The number of rotatable bonds is 9. The van der Waals surface area contributed by atoms with E-state index in [4.69, 9.17) is 0 Å². The molecule has 7 nitrogen and oxygen atoms in total. The maximum atomic E-state index is 13.8. The molecule has 51 heavy (non-hydrogen) atoms. The minimum absolute atomic E-state index is 0.0678.